The van der Waals surface area contributed by atoms with E-state index < -0.39 is 0 Å². The first-order valence-electron chi connectivity index (χ1n) is 9.36. The largest absolute Gasteiger partial charge is 0.304 e. The van der Waals surface area contributed by atoms with Gasteiger partial charge in [-0.3, -0.25) is 4.79 Å². The van der Waals surface area contributed by atoms with E-state index in [1.165, 1.54) is 0 Å². The number of hydrogen-bond donors (Lipinski definition) is 0. The normalized spacial score (nSPS) is 14.5. The minimum absolute atomic E-state index is 0.0491. The van der Waals surface area contributed by atoms with Crippen LogP contribution in [0.4, 0.5) is 5.69 Å². The Morgan fingerprint density at radius 1 is 0.786 bits per heavy atom. The van der Waals surface area contributed by atoms with Gasteiger partial charge in [-0.05, 0) is 19.9 Å². The molecule has 4 heteroatoms. The van der Waals surface area contributed by atoms with Gasteiger partial charge in [-0.1, -0.05) is 78.9 Å². The van der Waals surface area contributed by atoms with Crippen LogP contribution in [0, 0.1) is 0 Å². The van der Waals surface area contributed by atoms with E-state index in [-0.39, 0.29) is 11.9 Å². The number of anilines is 1. The zero-order chi connectivity index (χ0) is 19.5. The van der Waals surface area contributed by atoms with E-state index in [0.29, 0.717) is 5.71 Å². The minimum atomic E-state index is -0.111. The number of nitrogens with zero attached hydrogens (tertiary/aromatic N) is 3. The van der Waals surface area contributed by atoms with Crippen molar-refractivity contribution in [3.63, 3.8) is 0 Å². The van der Waals surface area contributed by atoms with Crippen LogP contribution < -0.4 is 4.90 Å². The third kappa shape index (κ3) is 3.25. The number of para-hydroxylation sites is 1. The molecule has 0 saturated carbocycles. The second-order valence-electron chi connectivity index (χ2n) is 6.92. The highest BCUT2D eigenvalue weighted by molar-refractivity contribution is 6.54. The van der Waals surface area contributed by atoms with E-state index in [0.717, 1.165) is 28.1 Å². The van der Waals surface area contributed by atoms with Crippen molar-refractivity contribution in [2.75, 3.05) is 4.90 Å². The maximum Gasteiger partial charge on any atom is 0.279 e. The standard InChI is InChI=1S/C24H21N3O/c1-17(2)27-21-16-10-9-15-20(21)23(24(27)28)26-25-22(18-11-5-3-6-12-18)19-13-7-4-8-14-19/h3-17H,1-2H3. The summed E-state index contributed by atoms with van der Waals surface area (Å²) in [6, 6.07) is 27.6. The van der Waals surface area contributed by atoms with Gasteiger partial charge in [-0.25, -0.2) is 0 Å². The number of fused-ring (bicyclic) bond motifs is 1. The molecular formula is C24H21N3O. The third-order valence-corrected chi connectivity index (χ3v) is 4.70. The lowest BCUT2D eigenvalue weighted by molar-refractivity contribution is -0.112. The van der Waals surface area contributed by atoms with Gasteiger partial charge in [0.05, 0.1) is 5.69 Å². The Labute approximate surface area is 164 Å². The van der Waals surface area contributed by atoms with Crippen molar-refractivity contribution in [1.29, 1.82) is 0 Å². The highest BCUT2D eigenvalue weighted by Gasteiger charge is 2.35. The van der Waals surface area contributed by atoms with Crippen molar-refractivity contribution in [3.8, 4) is 0 Å². The summed E-state index contributed by atoms with van der Waals surface area (Å²) in [4.78, 5) is 14.8. The van der Waals surface area contributed by atoms with Crippen molar-refractivity contribution >= 4 is 23.0 Å². The van der Waals surface area contributed by atoms with Crippen molar-refractivity contribution < 1.29 is 4.79 Å². The summed E-state index contributed by atoms with van der Waals surface area (Å²) in [5.41, 5.74) is 4.74. The fourth-order valence-electron chi connectivity index (χ4n) is 3.41. The Balaban J connectivity index is 1.84. The van der Waals surface area contributed by atoms with Gasteiger partial charge in [0.2, 0.25) is 0 Å². The van der Waals surface area contributed by atoms with E-state index >= 15 is 0 Å². The first-order valence-corrected chi connectivity index (χ1v) is 9.36. The number of carbonyl (C=O) groups is 1. The molecule has 0 N–H and O–H groups in total. The van der Waals surface area contributed by atoms with Gasteiger partial charge in [0.15, 0.2) is 5.71 Å². The Morgan fingerprint density at radius 3 is 1.89 bits per heavy atom. The molecule has 4 nitrogen and oxygen atoms in total. The molecule has 0 saturated heterocycles. The SMILES string of the molecule is CC(C)N1C(=O)C(=NN=C(c2ccccc2)c2ccccc2)c2ccccc21. The molecule has 4 rings (SSSR count). The Kier molecular flexibility index (Phi) is 4.85. The summed E-state index contributed by atoms with van der Waals surface area (Å²) in [5, 5.41) is 8.99. The smallest absolute Gasteiger partial charge is 0.279 e. The zero-order valence-corrected chi connectivity index (χ0v) is 15.9. The molecule has 0 atom stereocenters. The molecule has 3 aromatic carbocycles. The quantitative estimate of drug-likeness (QED) is 0.488. The Hall–Kier alpha value is -3.53. The third-order valence-electron chi connectivity index (χ3n) is 4.70. The van der Waals surface area contributed by atoms with Crippen LogP contribution >= 0.6 is 0 Å². The molecule has 0 fully saturated rings. The molecule has 138 valence electrons. The summed E-state index contributed by atoms with van der Waals surface area (Å²) in [6.45, 7) is 4.00. The fourth-order valence-corrected chi connectivity index (χ4v) is 3.41. The summed E-state index contributed by atoms with van der Waals surface area (Å²) < 4.78 is 0. The summed E-state index contributed by atoms with van der Waals surface area (Å²) >= 11 is 0. The molecule has 3 aromatic rings. The van der Waals surface area contributed by atoms with Crippen LogP contribution in [0.15, 0.2) is 95.1 Å². The molecule has 0 bridgehead atoms. The van der Waals surface area contributed by atoms with Crippen LogP contribution in [-0.2, 0) is 4.79 Å². The average Bonchev–Trinajstić information content (AvgIpc) is 3.01. The molecule has 1 heterocycles. The lowest BCUT2D eigenvalue weighted by Crippen LogP contribution is -2.35. The highest BCUT2D eigenvalue weighted by Crippen LogP contribution is 2.31. The van der Waals surface area contributed by atoms with Gasteiger partial charge in [0.25, 0.3) is 5.91 Å². The Bertz CT molecular complexity index is 1010. The lowest BCUT2D eigenvalue weighted by atomic mass is 10.0. The first kappa shape index (κ1) is 17.9. The monoisotopic (exact) mass is 367 g/mol. The predicted molar refractivity (Wildman–Crippen MR) is 114 cm³/mol. The topological polar surface area (TPSA) is 45.0 Å². The summed E-state index contributed by atoms with van der Waals surface area (Å²) in [6.07, 6.45) is 0. The molecular weight excluding hydrogens is 346 g/mol. The Morgan fingerprint density at radius 2 is 1.32 bits per heavy atom. The zero-order valence-electron chi connectivity index (χ0n) is 15.9. The van der Waals surface area contributed by atoms with E-state index in [1.54, 1.807) is 4.90 Å². The summed E-state index contributed by atoms with van der Waals surface area (Å²) in [5.74, 6) is -0.111. The molecule has 1 aliphatic rings. The first-order chi connectivity index (χ1) is 13.7. The fraction of sp³-hybridized carbons (Fsp3) is 0.125. The van der Waals surface area contributed by atoms with Gasteiger partial charge in [-0.2, -0.15) is 0 Å². The van der Waals surface area contributed by atoms with Gasteiger partial charge in [0.1, 0.15) is 5.71 Å². The van der Waals surface area contributed by atoms with Crippen molar-refractivity contribution in [3.05, 3.63) is 102 Å². The molecule has 0 radical (unpaired) electrons. The molecule has 1 aliphatic heterocycles. The van der Waals surface area contributed by atoms with Gasteiger partial charge in [0, 0.05) is 22.7 Å². The molecule has 0 aromatic heterocycles. The summed E-state index contributed by atoms with van der Waals surface area (Å²) in [7, 11) is 0. The van der Waals surface area contributed by atoms with Crippen molar-refractivity contribution in [1.82, 2.24) is 0 Å². The second-order valence-corrected chi connectivity index (χ2v) is 6.92. The van der Waals surface area contributed by atoms with Crippen molar-refractivity contribution in [2.45, 2.75) is 19.9 Å². The van der Waals surface area contributed by atoms with Crippen LogP contribution in [-0.4, -0.2) is 23.4 Å². The van der Waals surface area contributed by atoms with E-state index in [2.05, 4.69) is 10.2 Å². The van der Waals surface area contributed by atoms with Crippen LogP contribution in [0.2, 0.25) is 0 Å². The van der Waals surface area contributed by atoms with Gasteiger partial charge in [-0.15, -0.1) is 10.2 Å². The van der Waals surface area contributed by atoms with Gasteiger partial charge < -0.3 is 4.90 Å². The lowest BCUT2D eigenvalue weighted by Gasteiger charge is -2.20. The van der Waals surface area contributed by atoms with E-state index in [9.17, 15) is 4.79 Å². The highest BCUT2D eigenvalue weighted by atomic mass is 16.2. The molecule has 0 spiro atoms. The van der Waals surface area contributed by atoms with Crippen LogP contribution in [0.25, 0.3) is 0 Å². The van der Waals surface area contributed by atoms with Crippen LogP contribution in [0.3, 0.4) is 0 Å². The number of benzene rings is 3. The van der Waals surface area contributed by atoms with E-state index in [1.807, 2.05) is 98.8 Å². The number of amides is 1. The molecule has 0 aliphatic carbocycles. The van der Waals surface area contributed by atoms with Crippen molar-refractivity contribution in [2.24, 2.45) is 10.2 Å². The number of carbonyl (C=O) groups excluding carboxylic acids is 1. The van der Waals surface area contributed by atoms with Gasteiger partial charge >= 0.3 is 0 Å². The van der Waals surface area contributed by atoms with E-state index in [4.69, 9.17) is 0 Å². The maximum absolute atomic E-state index is 13.0. The minimum Gasteiger partial charge on any atom is -0.304 e. The van der Waals surface area contributed by atoms with Crippen LogP contribution in [0.1, 0.15) is 30.5 Å². The molecule has 0 unspecified atom stereocenters. The van der Waals surface area contributed by atoms with Crippen LogP contribution in [0.5, 0.6) is 0 Å². The predicted octanol–water partition coefficient (Wildman–Crippen LogP) is 4.68. The number of rotatable bonds is 4. The molecule has 28 heavy (non-hydrogen) atoms. The molecule has 1 amide bonds. The number of hydrogen-bond acceptors (Lipinski definition) is 3. The second kappa shape index (κ2) is 7.61. The average molecular weight is 367 g/mol. The maximum atomic E-state index is 13.0.